The summed E-state index contributed by atoms with van der Waals surface area (Å²) in [4.78, 5) is 7.77. The highest BCUT2D eigenvalue weighted by molar-refractivity contribution is 5.89. The summed E-state index contributed by atoms with van der Waals surface area (Å²) < 4.78 is 5.13. The van der Waals surface area contributed by atoms with Crippen LogP contribution in [-0.2, 0) is 0 Å². The van der Waals surface area contributed by atoms with Crippen molar-refractivity contribution >= 4 is 16.7 Å². The highest BCUT2D eigenvalue weighted by Gasteiger charge is 2.07. The number of aromatic nitrogens is 2. The maximum atomic E-state index is 5.89. The quantitative estimate of drug-likeness (QED) is 0.676. The predicted octanol–water partition coefficient (Wildman–Crippen LogP) is 2.82. The van der Waals surface area contributed by atoms with Crippen molar-refractivity contribution in [1.82, 2.24) is 9.97 Å². The van der Waals surface area contributed by atoms with Crippen LogP contribution in [0.15, 0.2) is 42.5 Å². The second-order valence-electron chi connectivity index (χ2n) is 4.06. The summed E-state index contributed by atoms with van der Waals surface area (Å²) in [6.07, 6.45) is 0. The summed E-state index contributed by atoms with van der Waals surface area (Å²) >= 11 is 0. The molecular formula is C14H13N3O. The molecule has 90 valence electrons. The van der Waals surface area contributed by atoms with Crippen LogP contribution in [-0.4, -0.2) is 17.1 Å². The summed E-state index contributed by atoms with van der Waals surface area (Å²) in [5.41, 5.74) is 9.33. The Bertz CT molecular complexity index is 686. The number of nitrogens with two attached hydrogens (primary N) is 1. The van der Waals surface area contributed by atoms with Gasteiger partial charge in [0, 0.05) is 5.56 Å². The zero-order chi connectivity index (χ0) is 12.5. The van der Waals surface area contributed by atoms with E-state index in [4.69, 9.17) is 10.5 Å². The van der Waals surface area contributed by atoms with E-state index >= 15 is 0 Å². The van der Waals surface area contributed by atoms with Crippen molar-refractivity contribution in [3.63, 3.8) is 0 Å². The Hall–Kier alpha value is -2.49. The molecule has 0 spiro atoms. The molecule has 4 nitrogen and oxygen atoms in total. The number of benzene rings is 2. The molecule has 0 saturated heterocycles. The van der Waals surface area contributed by atoms with Gasteiger partial charge in [0.25, 0.3) is 0 Å². The molecule has 4 heteroatoms. The van der Waals surface area contributed by atoms with Gasteiger partial charge in [-0.1, -0.05) is 6.07 Å². The topological polar surface area (TPSA) is 63.9 Å². The van der Waals surface area contributed by atoms with E-state index in [2.05, 4.69) is 9.97 Å². The van der Waals surface area contributed by atoms with E-state index in [1.165, 1.54) is 0 Å². The fraction of sp³-hybridized carbons (Fsp3) is 0.0714. The van der Waals surface area contributed by atoms with Gasteiger partial charge in [-0.15, -0.1) is 0 Å². The van der Waals surface area contributed by atoms with E-state index in [1.807, 2.05) is 42.5 Å². The fourth-order valence-corrected chi connectivity index (χ4v) is 1.94. The van der Waals surface area contributed by atoms with Crippen LogP contribution in [0.1, 0.15) is 0 Å². The molecule has 18 heavy (non-hydrogen) atoms. The van der Waals surface area contributed by atoms with Crippen molar-refractivity contribution in [3.05, 3.63) is 42.5 Å². The lowest BCUT2D eigenvalue weighted by molar-refractivity contribution is 0.415. The minimum atomic E-state index is 0.684. The SMILES string of the molecule is COc1ccc(-c2nc3c(N)cccc3[nH]2)cc1. The third-order valence-corrected chi connectivity index (χ3v) is 2.91. The number of methoxy groups -OCH3 is 1. The van der Waals surface area contributed by atoms with Crippen LogP contribution < -0.4 is 10.5 Å². The predicted molar refractivity (Wildman–Crippen MR) is 72.5 cm³/mol. The highest BCUT2D eigenvalue weighted by Crippen LogP contribution is 2.25. The van der Waals surface area contributed by atoms with E-state index in [1.54, 1.807) is 7.11 Å². The molecule has 0 amide bonds. The molecule has 3 aromatic rings. The molecule has 0 aliphatic carbocycles. The van der Waals surface area contributed by atoms with Crippen molar-refractivity contribution in [1.29, 1.82) is 0 Å². The standard InChI is InChI=1S/C14H13N3O/c1-18-10-7-5-9(6-8-10)14-16-12-4-2-3-11(15)13(12)17-14/h2-8H,15H2,1H3,(H,16,17). The Morgan fingerprint density at radius 2 is 1.89 bits per heavy atom. The lowest BCUT2D eigenvalue weighted by atomic mass is 10.2. The first kappa shape index (κ1) is 10.7. The zero-order valence-electron chi connectivity index (χ0n) is 9.97. The van der Waals surface area contributed by atoms with Crippen molar-refractivity contribution in [3.8, 4) is 17.1 Å². The second kappa shape index (κ2) is 4.07. The van der Waals surface area contributed by atoms with Gasteiger partial charge in [0.1, 0.15) is 17.1 Å². The Morgan fingerprint density at radius 3 is 2.56 bits per heavy atom. The number of hydrogen-bond acceptors (Lipinski definition) is 3. The van der Waals surface area contributed by atoms with E-state index in [-0.39, 0.29) is 0 Å². The van der Waals surface area contributed by atoms with E-state index in [9.17, 15) is 0 Å². The molecule has 1 aromatic heterocycles. The maximum Gasteiger partial charge on any atom is 0.138 e. The van der Waals surface area contributed by atoms with Crippen molar-refractivity contribution in [2.24, 2.45) is 0 Å². The van der Waals surface area contributed by atoms with Crippen LogP contribution in [0.25, 0.3) is 22.4 Å². The van der Waals surface area contributed by atoms with Gasteiger partial charge in [0.05, 0.1) is 18.3 Å². The van der Waals surface area contributed by atoms with Crippen molar-refractivity contribution in [2.75, 3.05) is 12.8 Å². The summed E-state index contributed by atoms with van der Waals surface area (Å²) in [5, 5.41) is 0. The van der Waals surface area contributed by atoms with E-state index in [0.717, 1.165) is 28.2 Å². The Kier molecular flexibility index (Phi) is 2.41. The molecular weight excluding hydrogens is 226 g/mol. The lowest BCUT2D eigenvalue weighted by Gasteiger charge is -2.00. The van der Waals surface area contributed by atoms with Gasteiger partial charge >= 0.3 is 0 Å². The molecule has 1 heterocycles. The summed E-state index contributed by atoms with van der Waals surface area (Å²) in [6, 6.07) is 13.5. The van der Waals surface area contributed by atoms with Crippen LogP contribution in [0, 0.1) is 0 Å². The van der Waals surface area contributed by atoms with Gasteiger partial charge in [-0.25, -0.2) is 4.98 Å². The fourth-order valence-electron chi connectivity index (χ4n) is 1.94. The van der Waals surface area contributed by atoms with Crippen molar-refractivity contribution < 1.29 is 4.74 Å². The average molecular weight is 239 g/mol. The number of nitrogen functional groups attached to an aromatic ring is 1. The first-order valence-corrected chi connectivity index (χ1v) is 5.66. The third-order valence-electron chi connectivity index (χ3n) is 2.91. The molecule has 0 saturated carbocycles. The number of ether oxygens (including phenoxy) is 1. The molecule has 0 aliphatic rings. The number of anilines is 1. The van der Waals surface area contributed by atoms with Crippen LogP contribution in [0.2, 0.25) is 0 Å². The molecule has 0 unspecified atom stereocenters. The number of H-pyrrole nitrogens is 1. The molecule has 2 aromatic carbocycles. The van der Waals surface area contributed by atoms with E-state index in [0.29, 0.717) is 5.69 Å². The lowest BCUT2D eigenvalue weighted by Crippen LogP contribution is -1.85. The van der Waals surface area contributed by atoms with Gasteiger partial charge in [-0.3, -0.25) is 0 Å². The second-order valence-corrected chi connectivity index (χ2v) is 4.06. The number of nitrogens with one attached hydrogen (secondary N) is 1. The first-order valence-electron chi connectivity index (χ1n) is 5.66. The molecule has 0 fully saturated rings. The number of imidazole rings is 1. The molecule has 0 radical (unpaired) electrons. The van der Waals surface area contributed by atoms with Crippen molar-refractivity contribution in [2.45, 2.75) is 0 Å². The minimum absolute atomic E-state index is 0.684. The number of para-hydroxylation sites is 1. The Morgan fingerprint density at radius 1 is 1.11 bits per heavy atom. The monoisotopic (exact) mass is 239 g/mol. The maximum absolute atomic E-state index is 5.89. The largest absolute Gasteiger partial charge is 0.497 e. The smallest absolute Gasteiger partial charge is 0.138 e. The third kappa shape index (κ3) is 1.68. The summed E-state index contributed by atoms with van der Waals surface area (Å²) in [7, 11) is 1.65. The van der Waals surface area contributed by atoms with Gasteiger partial charge in [-0.2, -0.15) is 0 Å². The number of nitrogens with zero attached hydrogens (tertiary/aromatic N) is 1. The number of aromatic amines is 1. The summed E-state index contributed by atoms with van der Waals surface area (Å²) in [6.45, 7) is 0. The van der Waals surface area contributed by atoms with Crippen LogP contribution in [0.4, 0.5) is 5.69 Å². The first-order chi connectivity index (χ1) is 8.78. The number of fused-ring (bicyclic) bond motifs is 1. The zero-order valence-corrected chi connectivity index (χ0v) is 9.97. The molecule has 3 N–H and O–H groups in total. The number of hydrogen-bond donors (Lipinski definition) is 2. The number of rotatable bonds is 2. The Balaban J connectivity index is 2.10. The normalized spacial score (nSPS) is 10.7. The average Bonchev–Trinajstić information content (AvgIpc) is 2.84. The van der Waals surface area contributed by atoms with Gasteiger partial charge in [-0.05, 0) is 36.4 Å². The molecule has 0 atom stereocenters. The van der Waals surface area contributed by atoms with Gasteiger partial charge in [0.15, 0.2) is 0 Å². The highest BCUT2D eigenvalue weighted by atomic mass is 16.5. The van der Waals surface area contributed by atoms with Crippen LogP contribution >= 0.6 is 0 Å². The van der Waals surface area contributed by atoms with Crippen LogP contribution in [0.3, 0.4) is 0 Å². The van der Waals surface area contributed by atoms with E-state index < -0.39 is 0 Å². The van der Waals surface area contributed by atoms with Gasteiger partial charge < -0.3 is 15.5 Å². The Labute approximate surface area is 104 Å². The van der Waals surface area contributed by atoms with Gasteiger partial charge in [0.2, 0.25) is 0 Å². The minimum Gasteiger partial charge on any atom is -0.497 e. The molecule has 3 rings (SSSR count). The molecule has 0 aliphatic heterocycles. The summed E-state index contributed by atoms with van der Waals surface area (Å²) in [5.74, 6) is 1.64. The molecule has 0 bridgehead atoms. The van der Waals surface area contributed by atoms with Crippen LogP contribution in [0.5, 0.6) is 5.75 Å².